The van der Waals surface area contributed by atoms with Gasteiger partial charge in [0.05, 0.1) is 19.0 Å². The maximum Gasteiger partial charge on any atom is 0.351 e. The van der Waals surface area contributed by atoms with Gasteiger partial charge < -0.3 is 19.8 Å². The molecule has 2 N–H and O–H groups in total. The van der Waals surface area contributed by atoms with Gasteiger partial charge in [0.15, 0.2) is 5.82 Å². The highest BCUT2D eigenvalue weighted by Gasteiger charge is 2.35. The molecule has 0 amide bonds. The first-order valence-corrected chi connectivity index (χ1v) is 8.87. The zero-order valence-electron chi connectivity index (χ0n) is 14.9. The summed E-state index contributed by atoms with van der Waals surface area (Å²) in [6.07, 6.45) is 4.86. The van der Waals surface area contributed by atoms with E-state index >= 15 is 0 Å². The van der Waals surface area contributed by atoms with Crippen LogP contribution in [0.1, 0.15) is 39.3 Å². The molecule has 0 bridgehead atoms. The van der Waals surface area contributed by atoms with E-state index in [4.69, 9.17) is 4.74 Å². The summed E-state index contributed by atoms with van der Waals surface area (Å²) in [5.74, 6) is 0.171. The van der Waals surface area contributed by atoms with Crippen molar-refractivity contribution in [2.24, 2.45) is 10.9 Å². The minimum absolute atomic E-state index is 0.0863. The van der Waals surface area contributed by atoms with Crippen LogP contribution in [0.15, 0.2) is 22.1 Å². The minimum atomic E-state index is -0.524. The first-order valence-electron chi connectivity index (χ1n) is 8.87. The molecule has 1 fully saturated rings. The molecule has 1 aromatic heterocycles. The molecule has 1 aromatic rings. The second-order valence-corrected chi connectivity index (χ2v) is 6.25. The number of aliphatic hydroxyl groups excluding tert-OH is 2. The smallest absolute Gasteiger partial charge is 0.351 e. The van der Waals surface area contributed by atoms with Crippen LogP contribution in [-0.4, -0.2) is 63.4 Å². The van der Waals surface area contributed by atoms with E-state index in [0.29, 0.717) is 12.2 Å². The summed E-state index contributed by atoms with van der Waals surface area (Å²) in [4.78, 5) is 22.7. The molecule has 0 unspecified atom stereocenters. The summed E-state index contributed by atoms with van der Waals surface area (Å²) < 4.78 is 7.03. The molecule has 8 nitrogen and oxygen atoms in total. The molecule has 2 heterocycles. The molecule has 1 saturated heterocycles. The topological polar surface area (TPSA) is 100 Å². The highest BCUT2D eigenvalue weighted by Crippen LogP contribution is 2.32. The van der Waals surface area contributed by atoms with E-state index in [1.54, 1.807) is 18.6 Å². The van der Waals surface area contributed by atoms with Crippen LogP contribution in [0.4, 0.5) is 5.82 Å². The van der Waals surface area contributed by atoms with Crippen molar-refractivity contribution in [1.29, 1.82) is 0 Å². The van der Waals surface area contributed by atoms with Gasteiger partial charge >= 0.3 is 5.69 Å². The molecule has 25 heavy (non-hydrogen) atoms. The summed E-state index contributed by atoms with van der Waals surface area (Å²) in [5.41, 5.74) is -0.451. The van der Waals surface area contributed by atoms with Crippen LogP contribution in [0.25, 0.3) is 0 Å². The zero-order valence-corrected chi connectivity index (χ0v) is 14.9. The third kappa shape index (κ3) is 5.10. The average molecular weight is 352 g/mol. The number of nitrogens with zero attached hydrogens (tertiary/aromatic N) is 4. The Morgan fingerprint density at radius 3 is 2.60 bits per heavy atom. The van der Waals surface area contributed by atoms with Crippen molar-refractivity contribution >= 4 is 12.2 Å². The van der Waals surface area contributed by atoms with E-state index in [2.05, 4.69) is 28.7 Å². The predicted octanol–water partition coefficient (Wildman–Crippen LogP) is 0.913. The number of rotatable bonds is 9. The van der Waals surface area contributed by atoms with Crippen molar-refractivity contribution < 1.29 is 14.9 Å². The summed E-state index contributed by atoms with van der Waals surface area (Å²) in [7, 11) is 0. The number of aromatic nitrogens is 2. The summed E-state index contributed by atoms with van der Waals surface area (Å²) in [5, 5.41) is 18.6. The fraction of sp³-hybridized carbons (Fsp3) is 0.706. The summed E-state index contributed by atoms with van der Waals surface area (Å²) in [6.45, 7) is 5.77. The molecule has 0 spiro atoms. The Hall–Kier alpha value is -1.77. The number of aliphatic imine (C=N–C) groups is 1. The van der Waals surface area contributed by atoms with Crippen LogP contribution in [0, 0.1) is 5.92 Å². The number of hydrogen-bond acceptors (Lipinski definition) is 6. The highest BCUT2D eigenvalue weighted by molar-refractivity contribution is 5.59. The molecule has 1 aliphatic heterocycles. The van der Waals surface area contributed by atoms with Gasteiger partial charge in [-0.1, -0.05) is 13.8 Å². The van der Waals surface area contributed by atoms with Gasteiger partial charge in [-0.25, -0.2) is 9.79 Å². The van der Waals surface area contributed by atoms with Crippen LogP contribution in [0.2, 0.25) is 0 Å². The monoisotopic (exact) mass is 352 g/mol. The molecule has 140 valence electrons. The first kappa shape index (κ1) is 19.6. The molecule has 0 aliphatic carbocycles. The fourth-order valence-corrected chi connectivity index (χ4v) is 2.98. The van der Waals surface area contributed by atoms with Crippen LogP contribution in [-0.2, 0) is 4.74 Å². The third-order valence-electron chi connectivity index (χ3n) is 4.28. The fourth-order valence-electron chi connectivity index (χ4n) is 2.98. The molecule has 0 radical (unpaired) electrons. The van der Waals surface area contributed by atoms with Gasteiger partial charge in [-0.2, -0.15) is 4.98 Å². The lowest BCUT2D eigenvalue weighted by molar-refractivity contribution is -0.0365. The summed E-state index contributed by atoms with van der Waals surface area (Å²) in [6, 6.07) is 1.66. The van der Waals surface area contributed by atoms with Gasteiger partial charge in [0.25, 0.3) is 0 Å². The molecule has 1 aliphatic rings. The van der Waals surface area contributed by atoms with Gasteiger partial charge in [0.2, 0.25) is 0 Å². The van der Waals surface area contributed by atoms with Crippen molar-refractivity contribution in [1.82, 2.24) is 14.5 Å². The molecule has 3 atom stereocenters. The van der Waals surface area contributed by atoms with Crippen LogP contribution in [0.5, 0.6) is 0 Å². The lowest BCUT2D eigenvalue weighted by atomic mass is 10.0. The molecule has 2 rings (SSSR count). The van der Waals surface area contributed by atoms with E-state index in [9.17, 15) is 15.0 Å². The quantitative estimate of drug-likeness (QED) is 0.506. The number of aliphatic hydroxyl groups is 2. The van der Waals surface area contributed by atoms with E-state index in [-0.39, 0.29) is 19.1 Å². The van der Waals surface area contributed by atoms with Crippen LogP contribution < -0.4 is 5.69 Å². The molecular formula is C17H28N4O4. The Kier molecular flexibility index (Phi) is 7.54. The van der Waals surface area contributed by atoms with Crippen molar-refractivity contribution in [3.63, 3.8) is 0 Å². The Bertz CT molecular complexity index is 601. The third-order valence-corrected chi connectivity index (χ3v) is 4.28. The van der Waals surface area contributed by atoms with E-state index in [1.165, 1.54) is 4.57 Å². The lowest BCUT2D eigenvalue weighted by Crippen LogP contribution is -2.27. The van der Waals surface area contributed by atoms with Crippen LogP contribution >= 0.6 is 0 Å². The van der Waals surface area contributed by atoms with Gasteiger partial charge in [-0.05, 0) is 18.9 Å². The molecule has 0 saturated carbocycles. The Balaban J connectivity index is 2.09. The van der Waals surface area contributed by atoms with Gasteiger partial charge in [-0.3, -0.25) is 4.57 Å². The largest absolute Gasteiger partial charge is 0.396 e. The lowest BCUT2D eigenvalue weighted by Gasteiger charge is -2.17. The van der Waals surface area contributed by atoms with Crippen molar-refractivity contribution in [2.45, 2.75) is 45.4 Å². The summed E-state index contributed by atoms with van der Waals surface area (Å²) >= 11 is 0. The standard InChI is InChI=1S/C17H28N4O4/c1-3-6-20(7-4-2)12-18-15-5-8-21(17(24)19-15)16-9-13(10-22)14(11-23)25-16/h5,8,12-14,16,22-23H,3-4,6-7,9-11H2,1-2H3/t13-,14-,16-/m1/s1. The van der Waals surface area contributed by atoms with E-state index in [0.717, 1.165) is 25.9 Å². The highest BCUT2D eigenvalue weighted by atomic mass is 16.5. The van der Waals surface area contributed by atoms with Gasteiger partial charge in [0, 0.05) is 38.2 Å². The Morgan fingerprint density at radius 2 is 2.08 bits per heavy atom. The number of ether oxygens (including phenoxy) is 1. The average Bonchev–Trinajstić information content (AvgIpc) is 3.03. The van der Waals surface area contributed by atoms with E-state index < -0.39 is 18.0 Å². The van der Waals surface area contributed by atoms with Crippen LogP contribution in [0.3, 0.4) is 0 Å². The maximum absolute atomic E-state index is 12.3. The maximum atomic E-state index is 12.3. The van der Waals surface area contributed by atoms with Crippen molar-refractivity contribution in [3.8, 4) is 0 Å². The normalized spacial score (nSPS) is 23.4. The second-order valence-electron chi connectivity index (χ2n) is 6.25. The minimum Gasteiger partial charge on any atom is -0.396 e. The molecular weight excluding hydrogens is 324 g/mol. The van der Waals surface area contributed by atoms with E-state index in [1.807, 2.05) is 0 Å². The zero-order chi connectivity index (χ0) is 18.2. The molecule has 8 heteroatoms. The second kappa shape index (κ2) is 9.65. The SMILES string of the molecule is CCCN(C=Nc1ccn([C@H]2C[C@H](CO)[C@@H](CO)O2)c(=O)n1)CCC. The molecule has 0 aromatic carbocycles. The first-order chi connectivity index (χ1) is 12.1. The Morgan fingerprint density at radius 1 is 1.36 bits per heavy atom. The predicted molar refractivity (Wildman–Crippen MR) is 95.0 cm³/mol. The Labute approximate surface area is 147 Å². The van der Waals surface area contributed by atoms with Gasteiger partial charge in [-0.15, -0.1) is 0 Å². The van der Waals surface area contributed by atoms with Crippen molar-refractivity contribution in [2.75, 3.05) is 26.3 Å². The van der Waals surface area contributed by atoms with Gasteiger partial charge in [0.1, 0.15) is 6.23 Å². The number of hydrogen-bond donors (Lipinski definition) is 2. The van der Waals surface area contributed by atoms with Crippen molar-refractivity contribution in [3.05, 3.63) is 22.7 Å².